The molecule has 0 spiro atoms. The lowest BCUT2D eigenvalue weighted by molar-refractivity contribution is -0.141. The maximum atomic E-state index is 12.8. The van der Waals surface area contributed by atoms with Gasteiger partial charge in [0.05, 0.1) is 5.69 Å². The fourth-order valence-electron chi connectivity index (χ4n) is 2.47. The summed E-state index contributed by atoms with van der Waals surface area (Å²) in [5, 5.41) is 2.63. The number of nitrogens with one attached hydrogen (secondary N) is 1. The maximum absolute atomic E-state index is 12.8. The molecule has 1 amide bonds. The number of nitrogens with zero attached hydrogens (tertiary/aromatic N) is 4. The van der Waals surface area contributed by atoms with Gasteiger partial charge >= 0.3 is 6.18 Å². The van der Waals surface area contributed by atoms with Gasteiger partial charge in [0.25, 0.3) is 5.91 Å². The first-order valence-electron chi connectivity index (χ1n) is 8.02. The number of hydrogen-bond acceptors (Lipinski definition) is 6. The molecule has 1 fully saturated rings. The van der Waals surface area contributed by atoms with Gasteiger partial charge in [-0.25, -0.2) is 15.0 Å². The van der Waals surface area contributed by atoms with E-state index in [0.717, 1.165) is 19.2 Å². The van der Waals surface area contributed by atoms with Crippen LogP contribution in [0.5, 0.6) is 5.88 Å². The predicted molar refractivity (Wildman–Crippen MR) is 90.2 cm³/mol. The molecule has 0 aromatic carbocycles. The number of carbonyl (C=O) groups is 1. The fraction of sp³-hybridized carbons (Fsp3) is 0.375. The highest BCUT2D eigenvalue weighted by molar-refractivity contribution is 6.28. The number of aromatic nitrogens is 3. The maximum Gasteiger partial charge on any atom is 0.433 e. The molecule has 27 heavy (non-hydrogen) atoms. The second-order valence-electron chi connectivity index (χ2n) is 5.71. The SMILES string of the molecule is O=C(COc1ccc(-c2cc(C(F)(F)F)nc(Cl)n2)cn1)N1CCNCC1. The van der Waals surface area contributed by atoms with Gasteiger partial charge in [-0.1, -0.05) is 0 Å². The van der Waals surface area contributed by atoms with Crippen LogP contribution in [-0.2, 0) is 11.0 Å². The molecule has 0 unspecified atom stereocenters. The summed E-state index contributed by atoms with van der Waals surface area (Å²) in [5.74, 6) is 0.0261. The third kappa shape index (κ3) is 5.04. The predicted octanol–water partition coefficient (Wildman–Crippen LogP) is 2.02. The van der Waals surface area contributed by atoms with E-state index in [-0.39, 0.29) is 24.1 Å². The largest absolute Gasteiger partial charge is 0.468 e. The summed E-state index contributed by atoms with van der Waals surface area (Å²) in [6, 6.07) is 3.72. The summed E-state index contributed by atoms with van der Waals surface area (Å²) < 4.78 is 43.9. The van der Waals surface area contributed by atoms with Gasteiger partial charge in [-0.2, -0.15) is 13.2 Å². The van der Waals surface area contributed by atoms with Crippen molar-refractivity contribution in [3.63, 3.8) is 0 Å². The highest BCUT2D eigenvalue weighted by Gasteiger charge is 2.33. The summed E-state index contributed by atoms with van der Waals surface area (Å²) in [7, 11) is 0. The van der Waals surface area contributed by atoms with Crippen LogP contribution in [0.25, 0.3) is 11.3 Å². The topological polar surface area (TPSA) is 80.2 Å². The minimum absolute atomic E-state index is 0.0155. The van der Waals surface area contributed by atoms with Crippen LogP contribution in [0.3, 0.4) is 0 Å². The van der Waals surface area contributed by atoms with Crippen LogP contribution < -0.4 is 10.1 Å². The van der Waals surface area contributed by atoms with Crippen molar-refractivity contribution in [1.29, 1.82) is 0 Å². The van der Waals surface area contributed by atoms with Crippen LogP contribution in [0.15, 0.2) is 24.4 Å². The molecule has 1 saturated heterocycles. The number of alkyl halides is 3. The molecule has 144 valence electrons. The van der Waals surface area contributed by atoms with E-state index in [4.69, 9.17) is 16.3 Å². The Balaban J connectivity index is 1.67. The lowest BCUT2D eigenvalue weighted by Crippen LogP contribution is -2.47. The number of piperazine rings is 1. The molecule has 0 aliphatic carbocycles. The van der Waals surface area contributed by atoms with Gasteiger partial charge in [-0.15, -0.1) is 0 Å². The van der Waals surface area contributed by atoms with E-state index in [1.54, 1.807) is 4.90 Å². The molecule has 0 bridgehead atoms. The van der Waals surface area contributed by atoms with Crippen LogP contribution in [-0.4, -0.2) is 58.5 Å². The third-order valence-corrected chi connectivity index (χ3v) is 4.00. The van der Waals surface area contributed by atoms with Crippen molar-refractivity contribution < 1.29 is 22.7 Å². The molecule has 3 rings (SSSR count). The summed E-state index contributed by atoms with van der Waals surface area (Å²) >= 11 is 5.58. The smallest absolute Gasteiger partial charge is 0.433 e. The number of ether oxygens (including phenoxy) is 1. The molecule has 2 aromatic heterocycles. The molecule has 0 radical (unpaired) electrons. The van der Waals surface area contributed by atoms with Crippen molar-refractivity contribution in [3.05, 3.63) is 35.4 Å². The number of pyridine rings is 1. The van der Waals surface area contributed by atoms with E-state index in [9.17, 15) is 18.0 Å². The zero-order valence-electron chi connectivity index (χ0n) is 14.0. The Labute approximate surface area is 157 Å². The number of halogens is 4. The van der Waals surface area contributed by atoms with E-state index < -0.39 is 17.2 Å². The van der Waals surface area contributed by atoms with Crippen molar-refractivity contribution in [2.45, 2.75) is 6.18 Å². The zero-order valence-corrected chi connectivity index (χ0v) is 14.7. The molecule has 2 aromatic rings. The lowest BCUT2D eigenvalue weighted by Gasteiger charge is -2.27. The normalized spacial score (nSPS) is 14.9. The number of carbonyl (C=O) groups excluding carboxylic acids is 1. The van der Waals surface area contributed by atoms with E-state index in [1.165, 1.54) is 18.3 Å². The Bertz CT molecular complexity index is 811. The average molecular weight is 402 g/mol. The average Bonchev–Trinajstić information content (AvgIpc) is 2.66. The van der Waals surface area contributed by atoms with Crippen molar-refractivity contribution in [2.24, 2.45) is 0 Å². The molecule has 3 heterocycles. The van der Waals surface area contributed by atoms with Gasteiger partial charge < -0.3 is 15.0 Å². The van der Waals surface area contributed by atoms with Crippen molar-refractivity contribution in [2.75, 3.05) is 32.8 Å². The fourth-order valence-corrected chi connectivity index (χ4v) is 2.65. The minimum atomic E-state index is -4.64. The van der Waals surface area contributed by atoms with Crippen molar-refractivity contribution in [3.8, 4) is 17.1 Å². The second kappa shape index (κ2) is 8.05. The van der Waals surface area contributed by atoms with Gasteiger partial charge in [-0.05, 0) is 23.7 Å². The number of amides is 1. The van der Waals surface area contributed by atoms with Crippen molar-refractivity contribution >= 4 is 17.5 Å². The Hall–Kier alpha value is -2.46. The van der Waals surface area contributed by atoms with E-state index >= 15 is 0 Å². The zero-order chi connectivity index (χ0) is 19.4. The molecule has 1 aliphatic heterocycles. The quantitative estimate of drug-likeness (QED) is 0.790. The first-order chi connectivity index (χ1) is 12.8. The number of rotatable bonds is 4. The van der Waals surface area contributed by atoms with Crippen LogP contribution in [0.2, 0.25) is 5.28 Å². The molecular weight excluding hydrogens is 387 g/mol. The summed E-state index contributed by atoms with van der Waals surface area (Å²) in [6.07, 6.45) is -3.34. The second-order valence-corrected chi connectivity index (χ2v) is 6.05. The monoisotopic (exact) mass is 401 g/mol. The van der Waals surface area contributed by atoms with Crippen LogP contribution in [0.1, 0.15) is 5.69 Å². The summed E-state index contributed by atoms with van der Waals surface area (Å²) in [5.41, 5.74) is -0.844. The third-order valence-electron chi connectivity index (χ3n) is 3.83. The Morgan fingerprint density at radius 3 is 2.63 bits per heavy atom. The molecular formula is C16H15ClF3N5O2. The molecule has 0 atom stereocenters. The van der Waals surface area contributed by atoms with Gasteiger partial charge in [0.2, 0.25) is 11.2 Å². The Morgan fingerprint density at radius 2 is 2.00 bits per heavy atom. The Morgan fingerprint density at radius 1 is 1.26 bits per heavy atom. The highest BCUT2D eigenvalue weighted by atomic mass is 35.5. The van der Waals surface area contributed by atoms with Crippen LogP contribution >= 0.6 is 11.6 Å². The summed E-state index contributed by atoms with van der Waals surface area (Å²) in [4.78, 5) is 24.7. The van der Waals surface area contributed by atoms with E-state index in [0.29, 0.717) is 18.7 Å². The molecule has 1 aliphatic rings. The summed E-state index contributed by atoms with van der Waals surface area (Å²) in [6.45, 7) is 2.54. The molecule has 1 N–H and O–H groups in total. The van der Waals surface area contributed by atoms with E-state index in [2.05, 4.69) is 20.3 Å². The van der Waals surface area contributed by atoms with Gasteiger partial charge in [0, 0.05) is 44.0 Å². The minimum Gasteiger partial charge on any atom is -0.468 e. The number of hydrogen-bond donors (Lipinski definition) is 1. The van der Waals surface area contributed by atoms with Crippen LogP contribution in [0, 0.1) is 0 Å². The van der Waals surface area contributed by atoms with Gasteiger partial charge in [0.1, 0.15) is 5.69 Å². The van der Waals surface area contributed by atoms with E-state index in [1.807, 2.05) is 0 Å². The van der Waals surface area contributed by atoms with Gasteiger partial charge in [0.15, 0.2) is 6.61 Å². The highest BCUT2D eigenvalue weighted by Crippen LogP contribution is 2.31. The molecule has 7 nitrogen and oxygen atoms in total. The first-order valence-corrected chi connectivity index (χ1v) is 8.40. The van der Waals surface area contributed by atoms with Crippen molar-refractivity contribution in [1.82, 2.24) is 25.2 Å². The standard InChI is InChI=1S/C16H15ClF3N5O2/c17-15-23-11(7-12(24-15)16(18,19)20)10-1-2-13(22-8-10)27-9-14(26)25-5-3-21-4-6-25/h1-2,7-8,21H,3-6,9H2. The molecule has 0 saturated carbocycles. The van der Waals surface area contributed by atoms with Gasteiger partial charge in [-0.3, -0.25) is 4.79 Å². The Kier molecular flexibility index (Phi) is 5.76. The van der Waals surface area contributed by atoms with Crippen LogP contribution in [0.4, 0.5) is 13.2 Å². The lowest BCUT2D eigenvalue weighted by atomic mass is 10.2. The molecule has 11 heteroatoms. The first kappa shape index (κ1) is 19.3.